The highest BCUT2D eigenvalue weighted by molar-refractivity contribution is 7.98. The molecule has 0 spiro atoms. The fraction of sp³-hybridized carbons (Fsp3) is 0.0909. The number of halogens is 1. The van der Waals surface area contributed by atoms with Crippen LogP contribution in [-0.2, 0) is 5.75 Å². The van der Waals surface area contributed by atoms with Crippen LogP contribution in [0.25, 0.3) is 0 Å². The Morgan fingerprint density at radius 1 is 1.53 bits per heavy atom. The summed E-state index contributed by atoms with van der Waals surface area (Å²) in [5.74, 6) is -0.282. The molecule has 0 aliphatic carbocycles. The standard InChI is InChI=1S/C11H8ClNO2S2/c12-10-2-1-8(3-9(10)11(14)15)17-5-7-4-16-6-13-7/h1-4,6H,5H2,(H,14,15). The molecule has 1 heterocycles. The molecule has 0 bridgehead atoms. The van der Waals surface area contributed by atoms with Crippen LogP contribution in [0.2, 0.25) is 5.02 Å². The molecule has 88 valence electrons. The van der Waals surface area contributed by atoms with Gasteiger partial charge >= 0.3 is 5.97 Å². The molecule has 2 aromatic rings. The smallest absolute Gasteiger partial charge is 0.337 e. The Kier molecular flexibility index (Phi) is 4.04. The lowest BCUT2D eigenvalue weighted by Gasteiger charge is -2.03. The third-order valence-electron chi connectivity index (χ3n) is 2.04. The summed E-state index contributed by atoms with van der Waals surface area (Å²) in [5.41, 5.74) is 2.90. The van der Waals surface area contributed by atoms with Crippen molar-refractivity contribution in [2.24, 2.45) is 0 Å². The van der Waals surface area contributed by atoms with E-state index in [9.17, 15) is 4.79 Å². The van der Waals surface area contributed by atoms with Crippen LogP contribution in [0.4, 0.5) is 0 Å². The fourth-order valence-electron chi connectivity index (χ4n) is 1.22. The van der Waals surface area contributed by atoms with Gasteiger partial charge in [0, 0.05) is 16.0 Å². The Labute approximate surface area is 111 Å². The first kappa shape index (κ1) is 12.4. The van der Waals surface area contributed by atoms with Crippen LogP contribution in [-0.4, -0.2) is 16.1 Å². The number of carboxylic acid groups (broad SMARTS) is 1. The van der Waals surface area contributed by atoms with E-state index < -0.39 is 5.97 Å². The van der Waals surface area contributed by atoms with Gasteiger partial charge in [0.2, 0.25) is 0 Å². The molecule has 0 amide bonds. The minimum absolute atomic E-state index is 0.134. The quantitative estimate of drug-likeness (QED) is 0.869. The van der Waals surface area contributed by atoms with Crippen LogP contribution in [0.1, 0.15) is 16.1 Å². The summed E-state index contributed by atoms with van der Waals surface area (Å²) in [6.07, 6.45) is 0. The van der Waals surface area contributed by atoms with E-state index in [1.165, 1.54) is 0 Å². The zero-order chi connectivity index (χ0) is 12.3. The van der Waals surface area contributed by atoms with Crippen molar-refractivity contribution < 1.29 is 9.90 Å². The maximum atomic E-state index is 10.9. The summed E-state index contributed by atoms with van der Waals surface area (Å²) in [5, 5.41) is 11.2. The Balaban J connectivity index is 2.11. The van der Waals surface area contributed by atoms with Gasteiger partial charge in [0.15, 0.2) is 0 Å². The number of nitrogens with zero attached hydrogens (tertiary/aromatic N) is 1. The first-order valence-corrected chi connectivity index (χ1v) is 7.00. The van der Waals surface area contributed by atoms with Gasteiger partial charge in [-0.1, -0.05) is 11.6 Å². The van der Waals surface area contributed by atoms with Gasteiger partial charge in [-0.2, -0.15) is 0 Å². The van der Waals surface area contributed by atoms with Crippen molar-refractivity contribution >= 4 is 40.7 Å². The third-order valence-corrected chi connectivity index (χ3v) is 4.03. The van der Waals surface area contributed by atoms with Crippen LogP contribution in [0.3, 0.4) is 0 Å². The SMILES string of the molecule is O=C(O)c1cc(SCc2cscn2)ccc1Cl. The topological polar surface area (TPSA) is 50.2 Å². The number of carbonyl (C=O) groups is 1. The van der Waals surface area contributed by atoms with Crippen LogP contribution in [0.5, 0.6) is 0 Å². The van der Waals surface area contributed by atoms with E-state index in [-0.39, 0.29) is 10.6 Å². The van der Waals surface area contributed by atoms with E-state index in [0.29, 0.717) is 0 Å². The molecule has 3 nitrogen and oxygen atoms in total. The van der Waals surface area contributed by atoms with E-state index in [0.717, 1.165) is 16.3 Å². The van der Waals surface area contributed by atoms with Crippen molar-refractivity contribution in [3.05, 3.63) is 45.4 Å². The average Bonchev–Trinajstić information content (AvgIpc) is 2.80. The van der Waals surface area contributed by atoms with Gasteiger partial charge < -0.3 is 5.11 Å². The molecule has 0 fully saturated rings. The Bertz CT molecular complexity index is 528. The molecule has 2 rings (SSSR count). The Hall–Kier alpha value is -1.04. The van der Waals surface area contributed by atoms with Gasteiger partial charge in [0.25, 0.3) is 0 Å². The molecule has 6 heteroatoms. The predicted molar refractivity (Wildman–Crippen MR) is 70.1 cm³/mol. The second-order valence-corrected chi connectivity index (χ2v) is 5.39. The number of hydrogen-bond donors (Lipinski definition) is 1. The van der Waals surface area contributed by atoms with Crippen LogP contribution < -0.4 is 0 Å². The summed E-state index contributed by atoms with van der Waals surface area (Å²) in [6, 6.07) is 5.00. The molecule has 1 N–H and O–H groups in total. The molecule has 17 heavy (non-hydrogen) atoms. The molecule has 0 atom stereocenters. The lowest BCUT2D eigenvalue weighted by atomic mass is 10.2. The molecule has 1 aromatic carbocycles. The van der Waals surface area contributed by atoms with Crippen molar-refractivity contribution in [1.29, 1.82) is 0 Å². The highest BCUT2D eigenvalue weighted by Crippen LogP contribution is 2.27. The van der Waals surface area contributed by atoms with E-state index in [1.807, 2.05) is 11.4 Å². The zero-order valence-corrected chi connectivity index (χ0v) is 11.0. The van der Waals surface area contributed by atoms with Gasteiger partial charge in [0.05, 0.1) is 21.8 Å². The molecule has 0 unspecified atom stereocenters. The Morgan fingerprint density at radius 2 is 2.35 bits per heavy atom. The van der Waals surface area contributed by atoms with Crippen LogP contribution >= 0.6 is 34.7 Å². The highest BCUT2D eigenvalue weighted by atomic mass is 35.5. The third kappa shape index (κ3) is 3.21. The Morgan fingerprint density at radius 3 is 3.00 bits per heavy atom. The number of benzene rings is 1. The molecule has 0 saturated carbocycles. The molecular weight excluding hydrogens is 278 g/mol. The molecule has 0 radical (unpaired) electrons. The average molecular weight is 286 g/mol. The predicted octanol–water partition coefficient (Wildman–Crippen LogP) is 3.79. The summed E-state index contributed by atoms with van der Waals surface area (Å²) in [4.78, 5) is 15.9. The molecule has 0 aliphatic heterocycles. The van der Waals surface area contributed by atoms with E-state index in [1.54, 1.807) is 40.7 Å². The number of aromatic nitrogens is 1. The number of thioether (sulfide) groups is 1. The monoisotopic (exact) mass is 285 g/mol. The number of thiazole rings is 1. The highest BCUT2D eigenvalue weighted by Gasteiger charge is 2.09. The van der Waals surface area contributed by atoms with E-state index in [2.05, 4.69) is 4.98 Å². The normalized spacial score (nSPS) is 10.4. The summed E-state index contributed by atoms with van der Waals surface area (Å²) >= 11 is 8.88. The lowest BCUT2D eigenvalue weighted by molar-refractivity contribution is 0.0697. The summed E-state index contributed by atoms with van der Waals surface area (Å²) in [6.45, 7) is 0. The number of aromatic carboxylic acids is 1. The first-order chi connectivity index (χ1) is 8.16. The molecule has 1 aromatic heterocycles. The fourth-order valence-corrected chi connectivity index (χ4v) is 2.92. The minimum Gasteiger partial charge on any atom is -0.478 e. The lowest BCUT2D eigenvalue weighted by Crippen LogP contribution is -1.97. The second kappa shape index (κ2) is 5.53. The second-order valence-electron chi connectivity index (χ2n) is 3.22. The largest absolute Gasteiger partial charge is 0.478 e. The van der Waals surface area contributed by atoms with Crippen molar-refractivity contribution in [3.63, 3.8) is 0 Å². The number of carboxylic acids is 1. The molecule has 0 aliphatic rings. The van der Waals surface area contributed by atoms with Gasteiger partial charge in [-0.15, -0.1) is 23.1 Å². The first-order valence-electron chi connectivity index (χ1n) is 4.69. The van der Waals surface area contributed by atoms with Gasteiger partial charge in [-0.05, 0) is 18.2 Å². The minimum atomic E-state index is -1.01. The summed E-state index contributed by atoms with van der Waals surface area (Å²) < 4.78 is 0. The summed E-state index contributed by atoms with van der Waals surface area (Å²) in [7, 11) is 0. The molecule has 0 saturated heterocycles. The van der Waals surface area contributed by atoms with Crippen LogP contribution in [0.15, 0.2) is 34.0 Å². The van der Waals surface area contributed by atoms with E-state index in [4.69, 9.17) is 16.7 Å². The van der Waals surface area contributed by atoms with Gasteiger partial charge in [0.1, 0.15) is 0 Å². The van der Waals surface area contributed by atoms with Crippen molar-refractivity contribution in [2.75, 3.05) is 0 Å². The maximum Gasteiger partial charge on any atom is 0.337 e. The van der Waals surface area contributed by atoms with E-state index >= 15 is 0 Å². The van der Waals surface area contributed by atoms with Crippen molar-refractivity contribution in [3.8, 4) is 0 Å². The van der Waals surface area contributed by atoms with Gasteiger partial charge in [-0.3, -0.25) is 0 Å². The molecular formula is C11H8ClNO2S2. The van der Waals surface area contributed by atoms with Crippen molar-refractivity contribution in [1.82, 2.24) is 4.98 Å². The number of rotatable bonds is 4. The van der Waals surface area contributed by atoms with Gasteiger partial charge in [-0.25, -0.2) is 9.78 Å². The maximum absolute atomic E-state index is 10.9. The van der Waals surface area contributed by atoms with Crippen molar-refractivity contribution in [2.45, 2.75) is 10.6 Å². The van der Waals surface area contributed by atoms with Crippen LogP contribution in [0, 0.1) is 0 Å². The zero-order valence-electron chi connectivity index (χ0n) is 8.59. The number of hydrogen-bond acceptors (Lipinski definition) is 4.